The zero-order valence-corrected chi connectivity index (χ0v) is 11.7. The zero-order chi connectivity index (χ0) is 13.3. The summed E-state index contributed by atoms with van der Waals surface area (Å²) in [4.78, 5) is 0. The Morgan fingerprint density at radius 1 is 1.21 bits per heavy atom. The molecule has 0 spiro atoms. The fourth-order valence-electron chi connectivity index (χ4n) is 2.19. The number of hydrogen-bond donors (Lipinski definition) is 2. The van der Waals surface area contributed by atoms with Gasteiger partial charge in [-0.05, 0) is 55.8 Å². The van der Waals surface area contributed by atoms with Gasteiger partial charge in [0.15, 0.2) is 0 Å². The Morgan fingerprint density at radius 2 is 2.00 bits per heavy atom. The molecule has 0 unspecified atom stereocenters. The fourth-order valence-corrected chi connectivity index (χ4v) is 2.19. The molecule has 1 aliphatic carbocycles. The first-order valence-electron chi connectivity index (χ1n) is 7.45. The van der Waals surface area contributed by atoms with Gasteiger partial charge in [0.1, 0.15) is 0 Å². The first-order valence-corrected chi connectivity index (χ1v) is 7.45. The molecule has 0 amide bonds. The predicted molar refractivity (Wildman–Crippen MR) is 79.1 cm³/mol. The maximum Gasteiger partial charge on any atom is 0.0494 e. The number of ether oxygens (including phenoxy) is 1. The van der Waals surface area contributed by atoms with Crippen molar-refractivity contribution in [3.8, 4) is 0 Å². The van der Waals surface area contributed by atoms with Crippen molar-refractivity contribution in [1.82, 2.24) is 5.32 Å². The summed E-state index contributed by atoms with van der Waals surface area (Å²) in [7, 11) is 0. The lowest BCUT2D eigenvalue weighted by Crippen LogP contribution is -2.18. The van der Waals surface area contributed by atoms with Crippen molar-refractivity contribution >= 4 is 0 Å². The molecule has 0 heterocycles. The third-order valence-corrected chi connectivity index (χ3v) is 3.54. The van der Waals surface area contributed by atoms with Crippen molar-refractivity contribution in [2.45, 2.75) is 32.2 Å². The van der Waals surface area contributed by atoms with Crippen LogP contribution in [0.25, 0.3) is 0 Å². The highest BCUT2D eigenvalue weighted by molar-refractivity contribution is 5.27. The van der Waals surface area contributed by atoms with Crippen LogP contribution in [0, 0.1) is 5.92 Å². The van der Waals surface area contributed by atoms with Gasteiger partial charge in [0.2, 0.25) is 0 Å². The molecule has 106 valence electrons. The van der Waals surface area contributed by atoms with E-state index in [0.717, 1.165) is 45.1 Å². The molecule has 3 heteroatoms. The minimum atomic E-state index is 0.714. The summed E-state index contributed by atoms with van der Waals surface area (Å²) < 4.78 is 5.62. The number of nitrogens with two attached hydrogens (primary N) is 1. The topological polar surface area (TPSA) is 47.3 Å². The number of rotatable bonds is 10. The van der Waals surface area contributed by atoms with Crippen LogP contribution in [0.4, 0.5) is 0 Å². The molecule has 1 fully saturated rings. The number of nitrogens with one attached hydrogen (secondary N) is 1. The molecule has 1 saturated carbocycles. The molecule has 0 radical (unpaired) electrons. The van der Waals surface area contributed by atoms with Crippen molar-refractivity contribution in [3.05, 3.63) is 35.4 Å². The molecule has 3 nitrogen and oxygen atoms in total. The van der Waals surface area contributed by atoms with Gasteiger partial charge in [-0.2, -0.15) is 0 Å². The summed E-state index contributed by atoms with van der Waals surface area (Å²) in [5.41, 5.74) is 8.36. The van der Waals surface area contributed by atoms with E-state index < -0.39 is 0 Å². The van der Waals surface area contributed by atoms with Crippen LogP contribution >= 0.6 is 0 Å². The number of hydrogen-bond acceptors (Lipinski definition) is 3. The van der Waals surface area contributed by atoms with Crippen molar-refractivity contribution < 1.29 is 4.74 Å². The minimum Gasteiger partial charge on any atom is -0.381 e. The Balaban J connectivity index is 1.56. The molecule has 3 N–H and O–H groups in total. The van der Waals surface area contributed by atoms with E-state index in [4.69, 9.17) is 10.5 Å². The second-order valence-corrected chi connectivity index (χ2v) is 5.36. The van der Waals surface area contributed by atoms with E-state index >= 15 is 0 Å². The van der Waals surface area contributed by atoms with E-state index in [1.807, 2.05) is 0 Å². The zero-order valence-electron chi connectivity index (χ0n) is 11.7. The van der Waals surface area contributed by atoms with Crippen LogP contribution in [0.2, 0.25) is 0 Å². The van der Waals surface area contributed by atoms with Crippen LogP contribution < -0.4 is 11.1 Å². The third-order valence-electron chi connectivity index (χ3n) is 3.54. The van der Waals surface area contributed by atoms with Crippen molar-refractivity contribution in [1.29, 1.82) is 0 Å². The Hall–Kier alpha value is -0.900. The highest BCUT2D eigenvalue weighted by Gasteiger charge is 2.20. The molecule has 0 saturated heterocycles. The van der Waals surface area contributed by atoms with Gasteiger partial charge in [0.05, 0.1) is 0 Å². The van der Waals surface area contributed by atoms with Gasteiger partial charge in [0, 0.05) is 19.8 Å². The average molecular weight is 262 g/mol. The van der Waals surface area contributed by atoms with Gasteiger partial charge < -0.3 is 15.8 Å². The maximum absolute atomic E-state index is 5.63. The first-order chi connectivity index (χ1) is 9.40. The van der Waals surface area contributed by atoms with Crippen molar-refractivity contribution in [2.75, 3.05) is 26.3 Å². The lowest BCUT2D eigenvalue weighted by Gasteiger charge is -2.10. The van der Waals surface area contributed by atoms with Gasteiger partial charge in [-0.1, -0.05) is 24.3 Å². The van der Waals surface area contributed by atoms with Crippen molar-refractivity contribution in [2.24, 2.45) is 11.7 Å². The molecule has 0 atom stereocenters. The van der Waals surface area contributed by atoms with Gasteiger partial charge in [-0.25, -0.2) is 0 Å². The molecule has 0 bridgehead atoms. The average Bonchev–Trinajstić information content (AvgIpc) is 3.24. The Morgan fingerprint density at radius 3 is 2.74 bits per heavy atom. The second kappa shape index (κ2) is 8.31. The molecule has 1 aromatic carbocycles. The highest BCUT2D eigenvalue weighted by atomic mass is 16.5. The van der Waals surface area contributed by atoms with Crippen molar-refractivity contribution in [3.63, 3.8) is 0 Å². The summed E-state index contributed by atoms with van der Waals surface area (Å²) in [6.07, 6.45) is 4.79. The van der Waals surface area contributed by atoms with E-state index in [1.165, 1.54) is 24.0 Å². The summed E-state index contributed by atoms with van der Waals surface area (Å²) in [5, 5.41) is 3.48. The molecule has 19 heavy (non-hydrogen) atoms. The molecule has 0 aromatic heterocycles. The van der Waals surface area contributed by atoms with E-state index in [2.05, 4.69) is 29.6 Å². The van der Waals surface area contributed by atoms with E-state index in [9.17, 15) is 0 Å². The normalized spacial score (nSPS) is 14.8. The largest absolute Gasteiger partial charge is 0.381 e. The molecular formula is C16H26N2O. The molecule has 1 aliphatic rings. The quantitative estimate of drug-likeness (QED) is 0.635. The van der Waals surface area contributed by atoms with E-state index in [-0.39, 0.29) is 0 Å². The molecular weight excluding hydrogens is 236 g/mol. The van der Waals surface area contributed by atoms with Crippen LogP contribution in [-0.4, -0.2) is 26.3 Å². The van der Waals surface area contributed by atoms with Crippen LogP contribution in [0.5, 0.6) is 0 Å². The standard InChI is InChI=1S/C16H26N2O/c17-9-8-15-4-1-2-5-16(15)12-18-10-3-11-19-13-14-6-7-14/h1-2,4-5,14,18H,3,6-13,17H2. The first kappa shape index (κ1) is 14.5. The summed E-state index contributed by atoms with van der Waals surface area (Å²) in [5.74, 6) is 0.871. The lowest BCUT2D eigenvalue weighted by molar-refractivity contribution is 0.122. The Kier molecular flexibility index (Phi) is 6.34. The summed E-state index contributed by atoms with van der Waals surface area (Å²) in [6.45, 7) is 4.51. The van der Waals surface area contributed by atoms with Gasteiger partial charge >= 0.3 is 0 Å². The van der Waals surface area contributed by atoms with Gasteiger partial charge in [0.25, 0.3) is 0 Å². The summed E-state index contributed by atoms with van der Waals surface area (Å²) >= 11 is 0. The fraction of sp³-hybridized carbons (Fsp3) is 0.625. The van der Waals surface area contributed by atoms with Crippen LogP contribution in [-0.2, 0) is 17.7 Å². The Bertz CT molecular complexity index is 364. The lowest BCUT2D eigenvalue weighted by atomic mass is 10.0. The van der Waals surface area contributed by atoms with Gasteiger partial charge in [-0.3, -0.25) is 0 Å². The van der Waals surface area contributed by atoms with E-state index in [1.54, 1.807) is 0 Å². The summed E-state index contributed by atoms with van der Waals surface area (Å²) in [6, 6.07) is 8.53. The Labute approximate surface area is 116 Å². The molecule has 1 aromatic rings. The smallest absolute Gasteiger partial charge is 0.0494 e. The maximum atomic E-state index is 5.63. The minimum absolute atomic E-state index is 0.714. The number of benzene rings is 1. The van der Waals surface area contributed by atoms with Crippen LogP contribution in [0.1, 0.15) is 30.4 Å². The SMILES string of the molecule is NCCc1ccccc1CNCCCOCC1CC1. The van der Waals surface area contributed by atoms with Crippen LogP contribution in [0.3, 0.4) is 0 Å². The third kappa shape index (κ3) is 5.72. The monoisotopic (exact) mass is 262 g/mol. The van der Waals surface area contributed by atoms with E-state index in [0.29, 0.717) is 6.54 Å². The molecule has 0 aliphatic heterocycles. The second-order valence-electron chi connectivity index (χ2n) is 5.36. The van der Waals surface area contributed by atoms with Gasteiger partial charge in [-0.15, -0.1) is 0 Å². The van der Waals surface area contributed by atoms with Crippen LogP contribution in [0.15, 0.2) is 24.3 Å². The predicted octanol–water partition coefficient (Wildman–Crippen LogP) is 2.09. The molecule has 2 rings (SSSR count). The highest BCUT2D eigenvalue weighted by Crippen LogP contribution is 2.28.